The van der Waals surface area contributed by atoms with Crippen molar-refractivity contribution < 1.29 is 13.6 Å². The summed E-state index contributed by atoms with van der Waals surface area (Å²) >= 11 is 0. The van der Waals surface area contributed by atoms with Gasteiger partial charge in [0.05, 0.1) is 23.9 Å². The third kappa shape index (κ3) is 4.57. The third-order valence-electron chi connectivity index (χ3n) is 6.67. The summed E-state index contributed by atoms with van der Waals surface area (Å²) in [6.07, 6.45) is 10.4. The highest BCUT2D eigenvalue weighted by Gasteiger charge is 2.24. The summed E-state index contributed by atoms with van der Waals surface area (Å²) in [6, 6.07) is 12.8. The van der Waals surface area contributed by atoms with Crippen molar-refractivity contribution in [1.82, 2.24) is 29.1 Å². The number of imidazole rings is 2. The van der Waals surface area contributed by atoms with E-state index < -0.39 is 11.9 Å². The fourth-order valence-electron chi connectivity index (χ4n) is 4.87. The van der Waals surface area contributed by atoms with E-state index in [2.05, 4.69) is 19.9 Å². The Morgan fingerprint density at radius 3 is 2.57 bits per heavy atom. The number of anilines is 1. The summed E-state index contributed by atoms with van der Waals surface area (Å²) in [6.45, 7) is 0. The van der Waals surface area contributed by atoms with Gasteiger partial charge < -0.3 is 9.88 Å². The maximum Gasteiger partial charge on any atom is 0.257 e. The van der Waals surface area contributed by atoms with Gasteiger partial charge in [-0.05, 0) is 55.3 Å². The Morgan fingerprint density at radius 2 is 1.78 bits per heavy atom. The number of benzene rings is 1. The van der Waals surface area contributed by atoms with Crippen LogP contribution in [-0.4, -0.2) is 35.0 Å². The summed E-state index contributed by atoms with van der Waals surface area (Å²) in [5.41, 5.74) is 3.74. The third-order valence-corrected chi connectivity index (χ3v) is 6.67. The molecule has 4 heterocycles. The second kappa shape index (κ2) is 9.53. The van der Waals surface area contributed by atoms with Gasteiger partial charge in [0.2, 0.25) is 5.95 Å². The smallest absolute Gasteiger partial charge is 0.257 e. The van der Waals surface area contributed by atoms with E-state index in [-0.39, 0.29) is 17.2 Å². The Bertz CT molecular complexity index is 1590. The molecule has 1 fully saturated rings. The number of carbonyl (C=O) groups is 1. The van der Waals surface area contributed by atoms with Crippen molar-refractivity contribution in [3.05, 3.63) is 84.6 Å². The molecule has 4 aromatic heterocycles. The Labute approximate surface area is 211 Å². The second-order valence-electron chi connectivity index (χ2n) is 9.12. The molecule has 6 rings (SSSR count). The minimum Gasteiger partial charge on any atom is -0.326 e. The first-order valence-corrected chi connectivity index (χ1v) is 12.2. The van der Waals surface area contributed by atoms with Gasteiger partial charge >= 0.3 is 0 Å². The fraction of sp³-hybridized carbons (Fsp3) is 0.222. The SMILES string of the molecule is O=C(Nc1cn2nc(-c3c(-c4ccc(F)cc4)ncn3C3CCCCC3)ccc2n1)c1ccnc(F)c1. The van der Waals surface area contributed by atoms with E-state index in [9.17, 15) is 13.6 Å². The molecule has 1 saturated carbocycles. The predicted octanol–water partition coefficient (Wildman–Crippen LogP) is 5.69. The molecule has 10 heteroatoms. The van der Waals surface area contributed by atoms with Crippen molar-refractivity contribution in [1.29, 1.82) is 0 Å². The summed E-state index contributed by atoms with van der Waals surface area (Å²) < 4.78 is 30.8. The molecule has 37 heavy (non-hydrogen) atoms. The first-order valence-electron chi connectivity index (χ1n) is 12.2. The molecule has 8 nitrogen and oxygen atoms in total. The van der Waals surface area contributed by atoms with Crippen molar-refractivity contribution in [3.63, 3.8) is 0 Å². The Morgan fingerprint density at radius 1 is 0.973 bits per heavy atom. The first-order chi connectivity index (χ1) is 18.0. The van der Waals surface area contributed by atoms with Crippen LogP contribution in [-0.2, 0) is 0 Å². The standard InChI is InChI=1S/C27H23F2N7O/c28-19-8-6-17(7-9-19)25-26(35(16-31-25)20-4-2-1-3-5-20)21-10-11-24-32-23(15-36(24)34-21)33-27(37)18-12-13-30-22(29)14-18/h6-16,20H,1-5H2,(H,33,37). The molecule has 0 aliphatic heterocycles. The Kier molecular flexibility index (Phi) is 5.91. The van der Waals surface area contributed by atoms with Gasteiger partial charge in [0.1, 0.15) is 11.5 Å². The number of pyridine rings is 1. The van der Waals surface area contributed by atoms with Crippen molar-refractivity contribution >= 4 is 17.4 Å². The maximum absolute atomic E-state index is 13.6. The van der Waals surface area contributed by atoms with Crippen LogP contribution in [0.15, 0.2) is 67.3 Å². The van der Waals surface area contributed by atoms with E-state index >= 15 is 0 Å². The van der Waals surface area contributed by atoms with Crippen LogP contribution in [0.5, 0.6) is 0 Å². The van der Waals surface area contributed by atoms with Gasteiger partial charge in [-0.25, -0.2) is 23.9 Å². The number of aromatic nitrogens is 6. The number of hydrogen-bond acceptors (Lipinski definition) is 5. The molecule has 1 aliphatic rings. The molecule has 1 aromatic carbocycles. The molecular weight excluding hydrogens is 476 g/mol. The van der Waals surface area contributed by atoms with Crippen LogP contribution >= 0.6 is 0 Å². The van der Waals surface area contributed by atoms with E-state index in [1.807, 2.05) is 18.5 Å². The summed E-state index contributed by atoms with van der Waals surface area (Å²) in [4.78, 5) is 25.1. The molecule has 0 radical (unpaired) electrons. The Balaban J connectivity index is 1.38. The van der Waals surface area contributed by atoms with Crippen molar-refractivity contribution in [2.24, 2.45) is 0 Å². The van der Waals surface area contributed by atoms with Crippen molar-refractivity contribution in [2.75, 3.05) is 5.32 Å². The monoisotopic (exact) mass is 499 g/mol. The highest BCUT2D eigenvalue weighted by atomic mass is 19.1. The largest absolute Gasteiger partial charge is 0.326 e. The number of rotatable bonds is 5. The first kappa shape index (κ1) is 23.0. The number of nitrogens with one attached hydrogen (secondary N) is 1. The van der Waals surface area contributed by atoms with Crippen LogP contribution in [0.1, 0.15) is 48.5 Å². The fourth-order valence-corrected chi connectivity index (χ4v) is 4.87. The number of carbonyl (C=O) groups excluding carboxylic acids is 1. The number of fused-ring (bicyclic) bond motifs is 1. The number of hydrogen-bond donors (Lipinski definition) is 1. The molecule has 186 valence electrons. The molecule has 0 bridgehead atoms. The van der Waals surface area contributed by atoms with Crippen LogP contribution in [0.4, 0.5) is 14.6 Å². The molecular formula is C27H23F2N7O. The van der Waals surface area contributed by atoms with Gasteiger partial charge in [0, 0.05) is 29.4 Å². The van der Waals surface area contributed by atoms with Crippen LogP contribution < -0.4 is 5.32 Å². The zero-order valence-electron chi connectivity index (χ0n) is 19.8. The van der Waals surface area contributed by atoms with Gasteiger partial charge in [-0.1, -0.05) is 19.3 Å². The zero-order chi connectivity index (χ0) is 25.4. The minimum absolute atomic E-state index is 0.138. The van der Waals surface area contributed by atoms with Crippen LogP contribution in [0.3, 0.4) is 0 Å². The topological polar surface area (TPSA) is 90.0 Å². The van der Waals surface area contributed by atoms with E-state index in [0.29, 0.717) is 17.4 Å². The average Bonchev–Trinajstić information content (AvgIpc) is 3.53. The van der Waals surface area contributed by atoms with Gasteiger partial charge in [0.15, 0.2) is 11.5 Å². The average molecular weight is 500 g/mol. The number of nitrogens with zero attached hydrogens (tertiary/aromatic N) is 6. The van der Waals surface area contributed by atoms with E-state index in [1.54, 1.807) is 22.8 Å². The normalized spacial score (nSPS) is 14.2. The van der Waals surface area contributed by atoms with E-state index in [4.69, 9.17) is 10.1 Å². The number of amides is 1. The molecule has 0 spiro atoms. The summed E-state index contributed by atoms with van der Waals surface area (Å²) in [5, 5.41) is 7.47. The molecule has 0 saturated heterocycles. The van der Waals surface area contributed by atoms with Crippen molar-refractivity contribution in [3.8, 4) is 22.6 Å². The van der Waals surface area contributed by atoms with Gasteiger partial charge in [-0.15, -0.1) is 0 Å². The quantitative estimate of drug-likeness (QED) is 0.314. The van der Waals surface area contributed by atoms with E-state index in [1.165, 1.54) is 30.8 Å². The summed E-state index contributed by atoms with van der Waals surface area (Å²) in [7, 11) is 0. The maximum atomic E-state index is 13.6. The molecule has 0 unspecified atom stereocenters. The highest BCUT2D eigenvalue weighted by Crippen LogP contribution is 2.37. The highest BCUT2D eigenvalue weighted by molar-refractivity contribution is 6.03. The lowest BCUT2D eigenvalue weighted by Crippen LogP contribution is -2.13. The van der Waals surface area contributed by atoms with E-state index in [0.717, 1.165) is 48.7 Å². The summed E-state index contributed by atoms with van der Waals surface area (Å²) in [5.74, 6) is -1.26. The lowest BCUT2D eigenvalue weighted by Gasteiger charge is -2.25. The number of halogens is 2. The van der Waals surface area contributed by atoms with Crippen LogP contribution in [0.2, 0.25) is 0 Å². The Hall–Kier alpha value is -4.47. The second-order valence-corrected chi connectivity index (χ2v) is 9.12. The zero-order valence-corrected chi connectivity index (χ0v) is 19.8. The molecule has 0 atom stereocenters. The lowest BCUT2D eigenvalue weighted by atomic mass is 9.95. The molecule has 1 N–H and O–H groups in total. The minimum atomic E-state index is -0.736. The predicted molar refractivity (Wildman–Crippen MR) is 134 cm³/mol. The molecule has 1 amide bonds. The molecule has 5 aromatic rings. The van der Waals surface area contributed by atoms with Gasteiger partial charge in [-0.2, -0.15) is 9.49 Å². The van der Waals surface area contributed by atoms with Gasteiger partial charge in [-0.3, -0.25) is 4.79 Å². The molecule has 1 aliphatic carbocycles. The van der Waals surface area contributed by atoms with Crippen molar-refractivity contribution in [2.45, 2.75) is 38.1 Å². The van der Waals surface area contributed by atoms with Gasteiger partial charge in [0.25, 0.3) is 5.91 Å². The lowest BCUT2D eigenvalue weighted by molar-refractivity contribution is 0.102. The van der Waals surface area contributed by atoms with Crippen LogP contribution in [0.25, 0.3) is 28.3 Å². The van der Waals surface area contributed by atoms with Crippen LogP contribution in [0, 0.1) is 11.8 Å².